The molecule has 3 nitrogen and oxygen atoms in total. The number of fused-ring (bicyclic) bond motifs is 2. The van der Waals surface area contributed by atoms with Crippen molar-refractivity contribution in [3.8, 4) is 5.75 Å². The highest BCUT2D eigenvalue weighted by molar-refractivity contribution is 6.06. The Morgan fingerprint density at radius 3 is 2.31 bits per heavy atom. The van der Waals surface area contributed by atoms with E-state index in [1.165, 1.54) is 37.7 Å². The quantitative estimate of drug-likeness (QED) is 0.153. The predicted octanol–water partition coefficient (Wildman–Crippen LogP) is 7.82. The average Bonchev–Trinajstić information content (AvgIpc) is 2.75. The van der Waals surface area contributed by atoms with Crippen LogP contribution in [0.4, 0.5) is 4.79 Å². The third-order valence-electron chi connectivity index (χ3n) is 5.44. The fourth-order valence-electron chi connectivity index (χ4n) is 3.73. The highest BCUT2D eigenvalue weighted by Crippen LogP contribution is 2.35. The molecule has 3 heteroatoms. The van der Waals surface area contributed by atoms with Gasteiger partial charge >= 0.3 is 6.16 Å². The summed E-state index contributed by atoms with van der Waals surface area (Å²) in [7, 11) is 0. The molecule has 0 amide bonds. The number of benzene rings is 3. The molecule has 0 aliphatic carbocycles. The summed E-state index contributed by atoms with van der Waals surface area (Å²) in [5.41, 5.74) is 1.22. The molecule has 0 saturated carbocycles. The Balaban J connectivity index is 1.67. The molecule has 0 radical (unpaired) electrons. The number of ether oxygens (including phenoxy) is 2. The first-order valence-electron chi connectivity index (χ1n) is 11.0. The topological polar surface area (TPSA) is 35.5 Å². The minimum atomic E-state index is -0.615. The second-order valence-electron chi connectivity index (χ2n) is 7.66. The van der Waals surface area contributed by atoms with Crippen molar-refractivity contribution in [1.82, 2.24) is 0 Å². The van der Waals surface area contributed by atoms with Crippen molar-refractivity contribution in [1.29, 1.82) is 0 Å². The monoisotopic (exact) mass is 392 g/mol. The summed E-state index contributed by atoms with van der Waals surface area (Å²) >= 11 is 0. The zero-order chi connectivity index (χ0) is 20.5. The summed E-state index contributed by atoms with van der Waals surface area (Å²) in [6, 6.07) is 16.5. The Morgan fingerprint density at radius 2 is 1.52 bits per heavy atom. The molecule has 0 spiro atoms. The van der Waals surface area contributed by atoms with Crippen molar-refractivity contribution in [2.75, 3.05) is 6.61 Å². The van der Waals surface area contributed by atoms with Crippen LogP contribution in [0.3, 0.4) is 0 Å². The van der Waals surface area contributed by atoms with Crippen LogP contribution in [0.1, 0.15) is 64.4 Å². The lowest BCUT2D eigenvalue weighted by Crippen LogP contribution is -2.12. The second-order valence-corrected chi connectivity index (χ2v) is 7.66. The number of unbranched alkanes of at least 4 members (excludes halogenated alkanes) is 6. The molecule has 0 aliphatic heterocycles. The molecule has 0 aromatic heterocycles. The number of hydrogen-bond acceptors (Lipinski definition) is 3. The molecule has 0 fully saturated rings. The van der Waals surface area contributed by atoms with E-state index in [0.29, 0.717) is 12.4 Å². The van der Waals surface area contributed by atoms with Crippen LogP contribution in [-0.4, -0.2) is 12.8 Å². The van der Waals surface area contributed by atoms with Crippen LogP contribution in [0.25, 0.3) is 21.5 Å². The number of hydrogen-bond donors (Lipinski definition) is 0. The number of carbonyl (C=O) groups excluding carboxylic acids is 1. The SMILES string of the molecule is CCCCCCCCCOC(=O)Oc1c2ccccc2cc2ccc(CC)cc12. The van der Waals surface area contributed by atoms with Gasteiger partial charge in [-0.2, -0.15) is 0 Å². The van der Waals surface area contributed by atoms with E-state index in [9.17, 15) is 4.79 Å². The lowest BCUT2D eigenvalue weighted by molar-refractivity contribution is 0.0982. The van der Waals surface area contributed by atoms with Crippen molar-refractivity contribution in [3.63, 3.8) is 0 Å². The lowest BCUT2D eigenvalue weighted by Gasteiger charge is -2.13. The third-order valence-corrected chi connectivity index (χ3v) is 5.44. The van der Waals surface area contributed by atoms with Gasteiger partial charge in [0.1, 0.15) is 5.75 Å². The molecule has 0 aliphatic rings. The fraction of sp³-hybridized carbons (Fsp3) is 0.423. The molecular formula is C26H32O3. The lowest BCUT2D eigenvalue weighted by atomic mass is 9.99. The van der Waals surface area contributed by atoms with Crippen LogP contribution in [0.2, 0.25) is 0 Å². The van der Waals surface area contributed by atoms with Gasteiger partial charge in [0.05, 0.1) is 6.61 Å². The molecule has 154 valence electrons. The Kier molecular flexibility index (Phi) is 7.92. The second kappa shape index (κ2) is 10.8. The van der Waals surface area contributed by atoms with Crippen LogP contribution in [0.15, 0.2) is 48.5 Å². The average molecular weight is 393 g/mol. The summed E-state index contributed by atoms with van der Waals surface area (Å²) < 4.78 is 11.1. The van der Waals surface area contributed by atoms with Crippen LogP contribution in [0.5, 0.6) is 5.75 Å². The Hall–Kier alpha value is -2.55. The van der Waals surface area contributed by atoms with Gasteiger partial charge in [0, 0.05) is 10.8 Å². The summed E-state index contributed by atoms with van der Waals surface area (Å²) in [6.45, 7) is 4.76. The van der Waals surface area contributed by atoms with Crippen LogP contribution in [0, 0.1) is 0 Å². The Bertz CT molecular complexity index is 945. The number of carbonyl (C=O) groups is 1. The zero-order valence-corrected chi connectivity index (χ0v) is 17.7. The Morgan fingerprint density at radius 1 is 0.793 bits per heavy atom. The largest absolute Gasteiger partial charge is 0.513 e. The molecule has 0 bridgehead atoms. The van der Waals surface area contributed by atoms with Crippen molar-refractivity contribution in [3.05, 3.63) is 54.1 Å². The van der Waals surface area contributed by atoms with Gasteiger partial charge in [0.15, 0.2) is 0 Å². The van der Waals surface area contributed by atoms with Crippen LogP contribution < -0.4 is 4.74 Å². The molecule has 3 rings (SSSR count). The molecule has 0 N–H and O–H groups in total. The van der Waals surface area contributed by atoms with E-state index in [2.05, 4.69) is 38.1 Å². The molecule has 3 aromatic rings. The Labute approximate surface area is 174 Å². The zero-order valence-electron chi connectivity index (χ0n) is 17.7. The standard InChI is InChI=1S/C26H32O3/c1-3-5-6-7-8-9-12-17-28-26(27)29-25-23-14-11-10-13-21(23)19-22-16-15-20(4-2)18-24(22)25/h10-11,13-16,18-19H,3-9,12,17H2,1-2H3. The van der Waals surface area contributed by atoms with E-state index < -0.39 is 6.16 Å². The van der Waals surface area contributed by atoms with Crippen molar-refractivity contribution in [2.24, 2.45) is 0 Å². The molecule has 29 heavy (non-hydrogen) atoms. The van der Waals surface area contributed by atoms with Gasteiger partial charge in [0.2, 0.25) is 0 Å². The molecular weight excluding hydrogens is 360 g/mol. The van der Waals surface area contributed by atoms with E-state index in [0.717, 1.165) is 40.8 Å². The van der Waals surface area contributed by atoms with Gasteiger partial charge in [-0.3, -0.25) is 0 Å². The normalized spacial score (nSPS) is 11.1. The van der Waals surface area contributed by atoms with E-state index >= 15 is 0 Å². The number of rotatable bonds is 10. The summed E-state index contributed by atoms with van der Waals surface area (Å²) in [5, 5.41) is 4.01. The highest BCUT2D eigenvalue weighted by atomic mass is 16.7. The maximum absolute atomic E-state index is 12.4. The summed E-state index contributed by atoms with van der Waals surface area (Å²) in [4.78, 5) is 12.4. The van der Waals surface area contributed by atoms with E-state index in [4.69, 9.17) is 9.47 Å². The maximum atomic E-state index is 12.4. The summed E-state index contributed by atoms with van der Waals surface area (Å²) in [5.74, 6) is 0.595. The smallest absolute Gasteiger partial charge is 0.434 e. The first-order chi connectivity index (χ1) is 14.2. The third kappa shape index (κ3) is 5.72. The highest BCUT2D eigenvalue weighted by Gasteiger charge is 2.14. The van der Waals surface area contributed by atoms with Crippen molar-refractivity contribution < 1.29 is 14.3 Å². The first kappa shape index (κ1) is 21.2. The van der Waals surface area contributed by atoms with E-state index in [-0.39, 0.29) is 0 Å². The van der Waals surface area contributed by atoms with E-state index in [1.807, 2.05) is 24.3 Å². The van der Waals surface area contributed by atoms with Crippen LogP contribution in [-0.2, 0) is 11.2 Å². The molecule has 0 unspecified atom stereocenters. The number of aryl methyl sites for hydroxylation is 1. The first-order valence-corrected chi connectivity index (χ1v) is 11.0. The van der Waals surface area contributed by atoms with Gasteiger partial charge in [0.25, 0.3) is 0 Å². The van der Waals surface area contributed by atoms with Gasteiger partial charge in [-0.1, -0.05) is 88.8 Å². The fourth-order valence-corrected chi connectivity index (χ4v) is 3.73. The van der Waals surface area contributed by atoms with E-state index in [1.54, 1.807) is 0 Å². The van der Waals surface area contributed by atoms with Gasteiger partial charge in [-0.25, -0.2) is 4.79 Å². The van der Waals surface area contributed by atoms with Gasteiger partial charge < -0.3 is 9.47 Å². The molecule has 0 saturated heterocycles. The van der Waals surface area contributed by atoms with Crippen molar-refractivity contribution >= 4 is 27.7 Å². The summed E-state index contributed by atoms with van der Waals surface area (Å²) in [6.07, 6.45) is 8.63. The predicted molar refractivity (Wildman–Crippen MR) is 121 cm³/mol. The van der Waals surface area contributed by atoms with Crippen LogP contribution >= 0.6 is 0 Å². The molecule has 3 aromatic carbocycles. The minimum Gasteiger partial charge on any atom is -0.434 e. The van der Waals surface area contributed by atoms with Gasteiger partial charge in [-0.05, 0) is 41.3 Å². The molecule has 0 atom stereocenters. The van der Waals surface area contributed by atoms with Gasteiger partial charge in [-0.15, -0.1) is 0 Å². The maximum Gasteiger partial charge on any atom is 0.513 e. The molecule has 0 heterocycles. The van der Waals surface area contributed by atoms with Crippen molar-refractivity contribution in [2.45, 2.75) is 65.2 Å². The minimum absolute atomic E-state index is 0.412.